The molecule has 86 valence electrons. The number of allylic oxidation sites excluding steroid dienone is 3. The predicted molar refractivity (Wildman–Crippen MR) is 53.1 cm³/mol. The molecule has 15 heavy (non-hydrogen) atoms. The fourth-order valence-electron chi connectivity index (χ4n) is 1.36. The fourth-order valence-corrected chi connectivity index (χ4v) is 1.36. The molecule has 0 aromatic carbocycles. The molecular weight excluding hydrogens is 205 g/mol. The summed E-state index contributed by atoms with van der Waals surface area (Å²) in [5.41, 5.74) is 5.79. The van der Waals surface area contributed by atoms with Crippen LogP contribution in [0.1, 0.15) is 19.8 Å². The van der Waals surface area contributed by atoms with E-state index in [0.29, 0.717) is 5.70 Å². The first kappa shape index (κ1) is 12.1. The lowest BCUT2D eigenvalue weighted by Gasteiger charge is -2.25. The predicted octanol–water partition coefficient (Wildman–Crippen LogP) is 2.09. The largest absolute Gasteiger partial charge is 0.405 e. The standard InChI is InChI=1S/C10H15F3N2/c1-7(9(14)10(11,12)13)15-8-5-3-2-4-6-8/h3,5-7,9,15H,2,4,14H2,1H3. The van der Waals surface area contributed by atoms with Crippen LogP contribution in [0.3, 0.4) is 0 Å². The first-order valence-electron chi connectivity index (χ1n) is 4.87. The Hall–Kier alpha value is -0.970. The van der Waals surface area contributed by atoms with E-state index in [1.54, 1.807) is 6.08 Å². The molecule has 0 amide bonds. The van der Waals surface area contributed by atoms with Crippen LogP contribution in [-0.2, 0) is 0 Å². The van der Waals surface area contributed by atoms with Gasteiger partial charge in [-0.25, -0.2) is 0 Å². The Kier molecular flexibility index (Phi) is 3.79. The number of rotatable bonds is 3. The van der Waals surface area contributed by atoms with Crippen LogP contribution in [0.2, 0.25) is 0 Å². The molecule has 0 saturated heterocycles. The number of halogens is 3. The Labute approximate surface area is 87.0 Å². The molecule has 0 bridgehead atoms. The van der Waals surface area contributed by atoms with Crippen molar-refractivity contribution in [3.63, 3.8) is 0 Å². The van der Waals surface area contributed by atoms with Crippen molar-refractivity contribution >= 4 is 0 Å². The van der Waals surface area contributed by atoms with Crippen LogP contribution < -0.4 is 11.1 Å². The average Bonchev–Trinajstić information content (AvgIpc) is 2.16. The Balaban J connectivity index is 2.51. The van der Waals surface area contributed by atoms with E-state index in [-0.39, 0.29) is 0 Å². The second kappa shape index (κ2) is 4.70. The van der Waals surface area contributed by atoms with Crippen molar-refractivity contribution in [3.8, 4) is 0 Å². The van der Waals surface area contributed by atoms with Crippen molar-refractivity contribution in [2.75, 3.05) is 0 Å². The van der Waals surface area contributed by atoms with Crippen LogP contribution in [0.15, 0.2) is 23.9 Å². The van der Waals surface area contributed by atoms with E-state index in [1.807, 2.05) is 12.2 Å². The van der Waals surface area contributed by atoms with Gasteiger partial charge in [0, 0.05) is 11.7 Å². The minimum absolute atomic E-state index is 0.716. The van der Waals surface area contributed by atoms with Gasteiger partial charge in [-0.2, -0.15) is 13.2 Å². The molecule has 2 atom stereocenters. The van der Waals surface area contributed by atoms with E-state index in [2.05, 4.69) is 5.32 Å². The SMILES string of the molecule is CC(NC1=CCCC=C1)C(N)C(F)(F)F. The van der Waals surface area contributed by atoms with Crippen LogP contribution in [0.25, 0.3) is 0 Å². The van der Waals surface area contributed by atoms with Gasteiger partial charge >= 0.3 is 6.18 Å². The summed E-state index contributed by atoms with van der Waals surface area (Å²) in [7, 11) is 0. The Morgan fingerprint density at radius 2 is 2.07 bits per heavy atom. The van der Waals surface area contributed by atoms with Crippen molar-refractivity contribution in [2.24, 2.45) is 5.73 Å². The summed E-state index contributed by atoms with van der Waals surface area (Å²) in [4.78, 5) is 0. The number of nitrogens with one attached hydrogen (secondary N) is 1. The highest BCUT2D eigenvalue weighted by atomic mass is 19.4. The highest BCUT2D eigenvalue weighted by molar-refractivity contribution is 5.21. The smallest absolute Gasteiger partial charge is 0.381 e. The Bertz CT molecular complexity index is 268. The number of hydrogen-bond donors (Lipinski definition) is 2. The molecule has 0 spiro atoms. The highest BCUT2D eigenvalue weighted by Crippen LogP contribution is 2.21. The van der Waals surface area contributed by atoms with Gasteiger partial charge in [0.2, 0.25) is 0 Å². The second-order valence-corrected chi connectivity index (χ2v) is 3.64. The number of nitrogens with two attached hydrogens (primary N) is 1. The highest BCUT2D eigenvalue weighted by Gasteiger charge is 2.40. The zero-order chi connectivity index (χ0) is 11.5. The molecule has 1 aliphatic carbocycles. The molecule has 0 aromatic heterocycles. The van der Waals surface area contributed by atoms with E-state index in [4.69, 9.17) is 5.73 Å². The van der Waals surface area contributed by atoms with Gasteiger partial charge in [-0.1, -0.05) is 12.2 Å². The van der Waals surface area contributed by atoms with Gasteiger partial charge in [-0.05, 0) is 25.8 Å². The van der Waals surface area contributed by atoms with Crippen molar-refractivity contribution in [2.45, 2.75) is 38.0 Å². The van der Waals surface area contributed by atoms with E-state index in [1.165, 1.54) is 6.92 Å². The van der Waals surface area contributed by atoms with E-state index >= 15 is 0 Å². The molecule has 1 aliphatic rings. The third kappa shape index (κ3) is 3.58. The van der Waals surface area contributed by atoms with Gasteiger partial charge in [-0.15, -0.1) is 0 Å². The lowest BCUT2D eigenvalue weighted by atomic mass is 10.1. The zero-order valence-corrected chi connectivity index (χ0v) is 8.51. The summed E-state index contributed by atoms with van der Waals surface area (Å²) in [6.07, 6.45) is 3.01. The number of hydrogen-bond acceptors (Lipinski definition) is 2. The maximum absolute atomic E-state index is 12.3. The van der Waals surface area contributed by atoms with Crippen LogP contribution in [0, 0.1) is 0 Å². The summed E-state index contributed by atoms with van der Waals surface area (Å²) in [6, 6.07) is -2.66. The van der Waals surface area contributed by atoms with E-state index in [9.17, 15) is 13.2 Å². The molecular formula is C10H15F3N2. The summed E-state index contributed by atoms with van der Waals surface area (Å²) in [5.74, 6) is 0. The quantitative estimate of drug-likeness (QED) is 0.764. The van der Waals surface area contributed by atoms with E-state index < -0.39 is 18.3 Å². The molecule has 0 radical (unpaired) electrons. The summed E-state index contributed by atoms with van der Waals surface area (Å²) >= 11 is 0. The molecule has 5 heteroatoms. The van der Waals surface area contributed by atoms with Crippen LogP contribution in [0.5, 0.6) is 0 Å². The van der Waals surface area contributed by atoms with E-state index in [0.717, 1.165) is 12.8 Å². The summed E-state index contributed by atoms with van der Waals surface area (Å²) in [5, 5.41) is 2.75. The molecule has 0 aliphatic heterocycles. The van der Waals surface area contributed by atoms with Crippen molar-refractivity contribution < 1.29 is 13.2 Å². The monoisotopic (exact) mass is 220 g/mol. The summed E-state index contributed by atoms with van der Waals surface area (Å²) < 4.78 is 36.8. The Morgan fingerprint density at radius 3 is 2.53 bits per heavy atom. The molecule has 0 fully saturated rings. The van der Waals surface area contributed by atoms with Crippen LogP contribution in [-0.4, -0.2) is 18.3 Å². The fraction of sp³-hybridized carbons (Fsp3) is 0.600. The average molecular weight is 220 g/mol. The normalized spacial score (nSPS) is 20.7. The lowest BCUT2D eigenvalue weighted by Crippen LogP contribution is -2.51. The number of alkyl halides is 3. The van der Waals surface area contributed by atoms with Gasteiger partial charge in [0.05, 0.1) is 0 Å². The molecule has 2 unspecified atom stereocenters. The Morgan fingerprint density at radius 1 is 1.40 bits per heavy atom. The molecule has 0 saturated carbocycles. The van der Waals surface area contributed by atoms with Crippen molar-refractivity contribution in [3.05, 3.63) is 23.9 Å². The van der Waals surface area contributed by atoms with Crippen LogP contribution in [0.4, 0.5) is 13.2 Å². The van der Waals surface area contributed by atoms with Gasteiger partial charge in [0.25, 0.3) is 0 Å². The topological polar surface area (TPSA) is 38.0 Å². The minimum atomic E-state index is -4.36. The van der Waals surface area contributed by atoms with Crippen LogP contribution >= 0.6 is 0 Å². The van der Waals surface area contributed by atoms with Gasteiger partial charge < -0.3 is 11.1 Å². The molecule has 0 heterocycles. The van der Waals surface area contributed by atoms with Gasteiger partial charge in [0.15, 0.2) is 0 Å². The minimum Gasteiger partial charge on any atom is -0.381 e. The first-order valence-corrected chi connectivity index (χ1v) is 4.87. The lowest BCUT2D eigenvalue weighted by molar-refractivity contribution is -0.152. The zero-order valence-electron chi connectivity index (χ0n) is 8.51. The van der Waals surface area contributed by atoms with Crippen molar-refractivity contribution in [1.29, 1.82) is 0 Å². The third-order valence-corrected chi connectivity index (χ3v) is 2.31. The maximum Gasteiger partial charge on any atom is 0.405 e. The molecule has 2 nitrogen and oxygen atoms in total. The molecule has 1 rings (SSSR count). The second-order valence-electron chi connectivity index (χ2n) is 3.64. The van der Waals surface area contributed by atoms with Gasteiger partial charge in [-0.3, -0.25) is 0 Å². The summed E-state index contributed by atoms with van der Waals surface area (Å²) in [6.45, 7) is 1.43. The van der Waals surface area contributed by atoms with Gasteiger partial charge in [0.1, 0.15) is 6.04 Å². The maximum atomic E-state index is 12.3. The van der Waals surface area contributed by atoms with Crippen molar-refractivity contribution in [1.82, 2.24) is 5.32 Å². The molecule has 3 N–H and O–H groups in total. The third-order valence-electron chi connectivity index (χ3n) is 2.31. The molecule has 0 aromatic rings. The first-order chi connectivity index (χ1) is 6.91.